The van der Waals surface area contributed by atoms with Gasteiger partial charge in [0.05, 0.1) is 0 Å². The van der Waals surface area contributed by atoms with Crippen LogP contribution in [0, 0.1) is 5.82 Å². The van der Waals surface area contributed by atoms with Gasteiger partial charge in [-0.05, 0) is 17.6 Å². The minimum Gasteiger partial charge on any atom is -0.457 e. The van der Waals surface area contributed by atoms with Crippen LogP contribution >= 0.6 is 0 Å². The minimum absolute atomic E-state index is 0. The van der Waals surface area contributed by atoms with E-state index >= 15 is 0 Å². The van der Waals surface area contributed by atoms with Gasteiger partial charge in [0.2, 0.25) is 6.79 Å². The molecule has 0 saturated heterocycles. The molecule has 76 valence electrons. The predicted octanol–water partition coefficient (Wildman–Crippen LogP) is -1.39. The molecule has 1 heterocycles. The smallest absolute Gasteiger partial charge is 0.457 e. The van der Waals surface area contributed by atoms with Crippen molar-refractivity contribution >= 4 is 12.4 Å². The summed E-state index contributed by atoms with van der Waals surface area (Å²) in [6.07, 6.45) is 0. The van der Waals surface area contributed by atoms with Crippen LogP contribution in [0.5, 0.6) is 11.5 Å². The van der Waals surface area contributed by atoms with Crippen molar-refractivity contribution < 1.29 is 78.2 Å². The second-order valence-corrected chi connectivity index (χ2v) is 2.77. The first-order valence-corrected chi connectivity index (χ1v) is 3.78. The Kier molecular flexibility index (Phi) is 4.10. The van der Waals surface area contributed by atoms with Crippen LogP contribution in [0.15, 0.2) is 12.1 Å². The molecule has 0 radical (unpaired) electrons. The molecule has 0 N–H and O–H groups in total. The summed E-state index contributed by atoms with van der Waals surface area (Å²) in [6, 6.07) is 1.83. The van der Waals surface area contributed by atoms with Crippen molar-refractivity contribution in [3.63, 3.8) is 0 Å². The summed E-state index contributed by atoms with van der Waals surface area (Å²) in [5.74, 6) is -1.94. The van der Waals surface area contributed by atoms with Gasteiger partial charge in [0.15, 0.2) is 5.75 Å². The Morgan fingerprint density at radius 2 is 1.80 bits per heavy atom. The van der Waals surface area contributed by atoms with Crippen molar-refractivity contribution in [2.24, 2.45) is 0 Å². The van der Waals surface area contributed by atoms with Gasteiger partial charge in [0.25, 0.3) is 0 Å². The summed E-state index contributed by atoms with van der Waals surface area (Å²) in [6.45, 7) is -5.73. The Morgan fingerprint density at radius 3 is 2.40 bits per heavy atom. The molecule has 0 amide bonds. The molecule has 8 heteroatoms. The van der Waals surface area contributed by atoms with Gasteiger partial charge in [-0.3, -0.25) is 0 Å². The summed E-state index contributed by atoms with van der Waals surface area (Å²) in [4.78, 5) is 0. The molecule has 0 unspecified atom stereocenters. The Bertz CT molecular complexity index is 382. The molecule has 15 heavy (non-hydrogen) atoms. The van der Waals surface area contributed by atoms with Crippen molar-refractivity contribution in [2.45, 2.75) is 0 Å². The molecule has 0 saturated carbocycles. The molecule has 1 aliphatic rings. The predicted molar refractivity (Wildman–Crippen MR) is 41.2 cm³/mol. The average Bonchev–Trinajstić information content (AvgIpc) is 2.48. The van der Waals surface area contributed by atoms with Gasteiger partial charge in [-0.2, -0.15) is 0 Å². The van der Waals surface area contributed by atoms with Gasteiger partial charge in [0, 0.05) is 0 Å². The first kappa shape index (κ1) is 13.3. The molecule has 2 nitrogen and oxygen atoms in total. The zero-order chi connectivity index (χ0) is 10.3. The normalized spacial score (nSPS) is 13.6. The van der Waals surface area contributed by atoms with Gasteiger partial charge in [-0.25, -0.2) is 4.39 Å². The standard InChI is InChI=1S/C7H4BF4O2.K/c9-4-1-2-5-7(14-3-13-5)6(4)8(10,11)12;/h1-2H,3H2;/q-1;+1. The van der Waals surface area contributed by atoms with E-state index in [1.165, 1.54) is 0 Å². The number of rotatable bonds is 1. The van der Waals surface area contributed by atoms with Crippen LogP contribution in [-0.2, 0) is 0 Å². The van der Waals surface area contributed by atoms with E-state index in [9.17, 15) is 17.3 Å². The van der Waals surface area contributed by atoms with Crippen molar-refractivity contribution in [2.75, 3.05) is 6.79 Å². The zero-order valence-electron chi connectivity index (χ0n) is 7.77. The number of hydrogen-bond donors (Lipinski definition) is 0. The number of halogens is 4. The molecular weight excluding hydrogens is 242 g/mol. The molecule has 0 aromatic heterocycles. The van der Waals surface area contributed by atoms with Crippen LogP contribution in [0.1, 0.15) is 0 Å². The second kappa shape index (κ2) is 4.62. The summed E-state index contributed by atoms with van der Waals surface area (Å²) in [5.41, 5.74) is -1.35. The largest absolute Gasteiger partial charge is 1.00 e. The third-order valence-corrected chi connectivity index (χ3v) is 1.85. The minimum atomic E-state index is -5.42. The van der Waals surface area contributed by atoms with E-state index in [4.69, 9.17) is 4.74 Å². The fourth-order valence-electron chi connectivity index (χ4n) is 1.27. The zero-order valence-corrected chi connectivity index (χ0v) is 10.9. The molecule has 0 bridgehead atoms. The van der Waals surface area contributed by atoms with E-state index in [-0.39, 0.29) is 63.9 Å². The topological polar surface area (TPSA) is 18.5 Å². The van der Waals surface area contributed by atoms with Gasteiger partial charge in [-0.15, -0.1) is 0 Å². The molecule has 1 aliphatic heterocycles. The van der Waals surface area contributed by atoms with E-state index in [1.807, 2.05) is 0 Å². The van der Waals surface area contributed by atoms with Crippen molar-refractivity contribution in [1.29, 1.82) is 0 Å². The third kappa shape index (κ3) is 2.50. The summed E-state index contributed by atoms with van der Waals surface area (Å²) >= 11 is 0. The average molecular weight is 246 g/mol. The molecule has 1 aromatic rings. The van der Waals surface area contributed by atoms with Gasteiger partial charge in [-0.1, -0.05) is 0 Å². The third-order valence-electron chi connectivity index (χ3n) is 1.85. The van der Waals surface area contributed by atoms with Crippen molar-refractivity contribution in [3.05, 3.63) is 17.9 Å². The molecular formula is C7H4BF4KO2. The fourth-order valence-corrected chi connectivity index (χ4v) is 1.27. The number of benzene rings is 1. The van der Waals surface area contributed by atoms with Crippen LogP contribution in [0.25, 0.3) is 0 Å². The molecule has 0 spiro atoms. The van der Waals surface area contributed by atoms with E-state index in [2.05, 4.69) is 4.74 Å². The molecule has 0 atom stereocenters. The fraction of sp³-hybridized carbons (Fsp3) is 0.143. The Labute approximate surface area is 125 Å². The maximum absolute atomic E-state index is 12.9. The first-order chi connectivity index (χ1) is 6.50. The quantitative estimate of drug-likeness (QED) is 0.449. The van der Waals surface area contributed by atoms with Gasteiger partial charge >= 0.3 is 58.4 Å². The SMILES string of the molecule is Fc1ccc2c(c1[B-](F)(F)F)OCO2.[K+]. The maximum Gasteiger partial charge on any atom is 1.00 e. The van der Waals surface area contributed by atoms with Crippen LogP contribution in [-0.4, -0.2) is 13.8 Å². The number of ether oxygens (including phenoxy) is 2. The number of fused-ring (bicyclic) bond motifs is 1. The molecule has 0 aliphatic carbocycles. The second-order valence-electron chi connectivity index (χ2n) is 2.77. The Hall–Kier alpha value is 0.241. The van der Waals surface area contributed by atoms with Crippen LogP contribution in [0.2, 0.25) is 0 Å². The summed E-state index contributed by atoms with van der Waals surface area (Å²) in [7, 11) is 0. The first-order valence-electron chi connectivity index (χ1n) is 3.78. The number of hydrogen-bond acceptors (Lipinski definition) is 2. The van der Waals surface area contributed by atoms with Gasteiger partial charge in [0.1, 0.15) is 11.6 Å². The van der Waals surface area contributed by atoms with Crippen LogP contribution < -0.4 is 66.3 Å². The summed E-state index contributed by atoms with van der Waals surface area (Å²) in [5, 5.41) is 0. The van der Waals surface area contributed by atoms with Gasteiger partial charge < -0.3 is 22.4 Å². The van der Waals surface area contributed by atoms with Crippen molar-refractivity contribution in [3.8, 4) is 11.5 Å². The van der Waals surface area contributed by atoms with E-state index in [0.29, 0.717) is 0 Å². The van der Waals surface area contributed by atoms with Crippen LogP contribution in [0.3, 0.4) is 0 Å². The molecule has 2 rings (SSSR count). The van der Waals surface area contributed by atoms with Crippen LogP contribution in [0.4, 0.5) is 17.3 Å². The van der Waals surface area contributed by atoms with E-state index < -0.39 is 24.0 Å². The molecule has 0 fully saturated rings. The Balaban J connectivity index is 0.00000112. The van der Waals surface area contributed by atoms with E-state index in [1.54, 1.807) is 0 Å². The van der Waals surface area contributed by atoms with Crippen molar-refractivity contribution in [1.82, 2.24) is 0 Å². The monoisotopic (exact) mass is 246 g/mol. The molecule has 1 aromatic carbocycles. The maximum atomic E-state index is 12.9. The van der Waals surface area contributed by atoms with E-state index in [0.717, 1.165) is 12.1 Å². The summed E-state index contributed by atoms with van der Waals surface area (Å²) < 4.78 is 59.4. The Morgan fingerprint density at radius 1 is 1.13 bits per heavy atom.